The third-order valence-electron chi connectivity index (χ3n) is 14.8. The minimum Gasteiger partial charge on any atom is -0.309 e. The van der Waals surface area contributed by atoms with Crippen LogP contribution in [-0.4, -0.2) is 14.4 Å². The quantitative estimate of drug-likeness (QED) is 0.162. The predicted octanol–water partition coefficient (Wildman–Crippen LogP) is 18.6. The lowest BCUT2D eigenvalue weighted by Crippen LogP contribution is -2.06. The zero-order chi connectivity index (χ0) is 45.9. The molecule has 15 rings (SSSR count). The Morgan fingerprint density at radius 3 is 1.67 bits per heavy atom. The molecule has 0 fully saturated rings. The summed E-state index contributed by atoms with van der Waals surface area (Å²) in [6, 6.07) is 81.7. The van der Waals surface area contributed by atoms with E-state index in [0.717, 1.165) is 11.4 Å². The van der Waals surface area contributed by atoms with Gasteiger partial charge in [0.2, 0.25) is 0 Å². The second-order valence-corrected chi connectivity index (χ2v) is 21.1. The summed E-state index contributed by atoms with van der Waals surface area (Å²) in [6.07, 6.45) is 9.13. The van der Waals surface area contributed by atoms with Crippen LogP contribution in [0.2, 0.25) is 0 Å². The maximum Gasteiger partial charge on any atom is 0.0641 e. The molecule has 0 saturated carbocycles. The summed E-state index contributed by atoms with van der Waals surface area (Å²) in [5, 5.41) is 8.02. The van der Waals surface area contributed by atoms with Gasteiger partial charge in [-0.3, -0.25) is 0 Å². The van der Waals surface area contributed by atoms with Crippen molar-refractivity contribution in [3.05, 3.63) is 248 Å². The minimum atomic E-state index is 0.404. The van der Waals surface area contributed by atoms with Crippen LogP contribution in [0.15, 0.2) is 248 Å². The molecule has 1 aliphatic heterocycles. The van der Waals surface area contributed by atoms with Gasteiger partial charge >= 0.3 is 0 Å². The number of hydrogen-bond acceptors (Lipinski definition) is 2. The van der Waals surface area contributed by atoms with Crippen LogP contribution in [0, 0.1) is 0 Å². The molecule has 2 aliphatic rings. The van der Waals surface area contributed by atoms with E-state index in [1.165, 1.54) is 119 Å². The highest BCUT2D eigenvalue weighted by molar-refractivity contribution is 8.00. The molecule has 2 nitrogen and oxygen atoms in total. The van der Waals surface area contributed by atoms with E-state index < -0.39 is 0 Å². The van der Waals surface area contributed by atoms with Crippen molar-refractivity contribution in [1.29, 1.82) is 0 Å². The van der Waals surface area contributed by atoms with E-state index >= 15 is 0 Å². The van der Waals surface area contributed by atoms with Crippen LogP contribution >= 0.6 is 23.1 Å². The largest absolute Gasteiger partial charge is 0.309 e. The number of allylic oxidation sites excluding steroid dienone is 3. The Hall–Kier alpha value is -8.15. The predicted molar refractivity (Wildman–Crippen MR) is 300 cm³/mol. The fraction of sp³-hybridized carbons (Fsp3) is 0.0303. The molecule has 0 amide bonds. The van der Waals surface area contributed by atoms with Crippen LogP contribution in [-0.2, 0) is 0 Å². The monoisotopic (exact) mass is 926 g/mol. The Bertz CT molecular complexity index is 4340. The first-order valence-corrected chi connectivity index (χ1v) is 25.8. The van der Waals surface area contributed by atoms with Gasteiger partial charge in [-0.2, -0.15) is 0 Å². The number of hydrogen-bond donors (Lipinski definition) is 0. The van der Waals surface area contributed by atoms with E-state index in [9.17, 15) is 0 Å². The Morgan fingerprint density at radius 1 is 0.343 bits per heavy atom. The van der Waals surface area contributed by atoms with Crippen molar-refractivity contribution in [2.24, 2.45) is 0 Å². The zero-order valence-corrected chi connectivity index (χ0v) is 39.6. The lowest BCUT2D eigenvalue weighted by Gasteiger charge is -2.15. The van der Waals surface area contributed by atoms with Crippen molar-refractivity contribution >= 4 is 86.9 Å². The summed E-state index contributed by atoms with van der Waals surface area (Å²) in [6.45, 7) is 0. The normalized spacial score (nSPS) is 15.3. The van der Waals surface area contributed by atoms with Crippen LogP contribution < -0.4 is 0 Å². The summed E-state index contributed by atoms with van der Waals surface area (Å²) in [5.41, 5.74) is 18.2. The lowest BCUT2D eigenvalue weighted by atomic mass is 9.90. The Balaban J connectivity index is 0.991. The van der Waals surface area contributed by atoms with E-state index in [0.29, 0.717) is 11.2 Å². The Labute approximate surface area is 413 Å². The van der Waals surface area contributed by atoms with Crippen LogP contribution in [0.1, 0.15) is 11.5 Å². The van der Waals surface area contributed by atoms with E-state index in [4.69, 9.17) is 0 Å². The average molecular weight is 927 g/mol. The van der Waals surface area contributed by atoms with Crippen LogP contribution in [0.3, 0.4) is 0 Å². The highest BCUT2D eigenvalue weighted by atomic mass is 32.2. The van der Waals surface area contributed by atoms with E-state index in [-0.39, 0.29) is 0 Å². The highest BCUT2D eigenvalue weighted by Crippen LogP contribution is 2.50. The van der Waals surface area contributed by atoms with Crippen molar-refractivity contribution in [3.8, 4) is 55.9 Å². The summed E-state index contributed by atoms with van der Waals surface area (Å²) in [7, 11) is 0. The standard InChI is InChI=1S/C66H42N2S2/c1-3-13-41(14-4-1)45-25-30-58-54(37-45)53-29-32-60-65(66(53)68(58)50-20-12-18-44(36-50)48-28-34-64-56(39-48)52-22-8-10-24-62(52)70-64)57-40-46(42-15-5-2-6-16-42)26-31-59(57)67(60)49-19-11-17-43(35-49)47-27-33-63-55(38-47)51-21-7-9-23-61(51)69-63/h1-40,52,62H. The number of nitrogens with zero attached hydrogens (tertiary/aromatic N) is 2. The van der Waals surface area contributed by atoms with Gasteiger partial charge in [-0.15, -0.1) is 23.1 Å². The average Bonchev–Trinajstić information content (AvgIpc) is 4.18. The maximum atomic E-state index is 2.55. The van der Waals surface area contributed by atoms with Gasteiger partial charge in [0.15, 0.2) is 0 Å². The van der Waals surface area contributed by atoms with Crippen molar-refractivity contribution in [2.45, 2.75) is 16.1 Å². The summed E-state index contributed by atoms with van der Waals surface area (Å²) < 4.78 is 7.69. The fourth-order valence-electron chi connectivity index (χ4n) is 11.6. The molecular weight excluding hydrogens is 885 g/mol. The Kier molecular flexibility index (Phi) is 8.92. The fourth-order valence-corrected chi connectivity index (χ4v) is 14.0. The third kappa shape index (κ3) is 6.20. The van der Waals surface area contributed by atoms with Gasteiger partial charge in [0, 0.05) is 69.2 Å². The zero-order valence-electron chi connectivity index (χ0n) is 38.0. The molecule has 4 heteroatoms. The molecule has 3 aromatic heterocycles. The first kappa shape index (κ1) is 39.8. The van der Waals surface area contributed by atoms with Crippen molar-refractivity contribution in [3.63, 3.8) is 0 Å². The van der Waals surface area contributed by atoms with Crippen molar-refractivity contribution in [2.75, 3.05) is 0 Å². The van der Waals surface area contributed by atoms with Crippen molar-refractivity contribution < 1.29 is 0 Å². The highest BCUT2D eigenvalue weighted by Gasteiger charge is 2.31. The molecular formula is C66H42N2S2. The van der Waals surface area contributed by atoms with E-state index in [1.54, 1.807) is 0 Å². The smallest absolute Gasteiger partial charge is 0.0641 e. The minimum absolute atomic E-state index is 0.404. The SMILES string of the molecule is C1=CC2Sc3ccc(-c4cccc(-n5c6ccc(-c7ccccc7)cc6c6ccc7c(c8cc(-c9ccccc9)ccc8n7-c7cccc(-c8ccc9sc%10ccccc%10c9c8)c7)c65)c4)cc3C2C=C1. The number of thiophene rings is 1. The first-order valence-electron chi connectivity index (χ1n) is 24.1. The summed E-state index contributed by atoms with van der Waals surface area (Å²) in [4.78, 5) is 1.39. The second kappa shape index (κ2) is 15.7. The molecule has 0 bridgehead atoms. The molecule has 0 spiro atoms. The molecule has 0 radical (unpaired) electrons. The molecule has 10 aromatic carbocycles. The molecule has 2 unspecified atom stereocenters. The van der Waals surface area contributed by atoms with E-state index in [1.807, 2.05) is 23.1 Å². The molecule has 1 aliphatic carbocycles. The van der Waals surface area contributed by atoms with Gasteiger partial charge in [-0.1, -0.05) is 158 Å². The topological polar surface area (TPSA) is 9.86 Å². The third-order valence-corrected chi connectivity index (χ3v) is 17.3. The van der Waals surface area contributed by atoms with Gasteiger partial charge in [0.25, 0.3) is 0 Å². The van der Waals surface area contributed by atoms with Gasteiger partial charge in [-0.25, -0.2) is 0 Å². The number of fused-ring (bicyclic) bond motifs is 13. The molecule has 13 aromatic rings. The summed E-state index contributed by atoms with van der Waals surface area (Å²) in [5.74, 6) is 0.404. The number of aromatic nitrogens is 2. The number of thioether (sulfide) groups is 1. The maximum absolute atomic E-state index is 2.55. The van der Waals surface area contributed by atoms with Crippen LogP contribution in [0.25, 0.3) is 120 Å². The second-order valence-electron chi connectivity index (χ2n) is 18.8. The van der Waals surface area contributed by atoms with Gasteiger partial charge in [0.1, 0.15) is 0 Å². The van der Waals surface area contributed by atoms with Crippen molar-refractivity contribution in [1.82, 2.24) is 9.13 Å². The van der Waals surface area contributed by atoms with Gasteiger partial charge < -0.3 is 9.13 Å². The summed E-state index contributed by atoms with van der Waals surface area (Å²) >= 11 is 3.85. The molecule has 70 heavy (non-hydrogen) atoms. The van der Waals surface area contributed by atoms with Crippen LogP contribution in [0.4, 0.5) is 0 Å². The molecule has 0 N–H and O–H groups in total. The lowest BCUT2D eigenvalue weighted by molar-refractivity contribution is 0.881. The van der Waals surface area contributed by atoms with Crippen LogP contribution in [0.5, 0.6) is 0 Å². The molecule has 4 heterocycles. The van der Waals surface area contributed by atoms with Gasteiger partial charge in [0.05, 0.1) is 22.1 Å². The molecule has 328 valence electrons. The van der Waals surface area contributed by atoms with E-state index in [2.05, 4.69) is 252 Å². The number of rotatable bonds is 6. The molecule has 0 saturated heterocycles. The first-order chi connectivity index (χ1) is 34.7. The van der Waals surface area contributed by atoms with Gasteiger partial charge in [-0.05, 0) is 135 Å². The number of benzene rings is 10. The molecule has 2 atom stereocenters. The Morgan fingerprint density at radius 2 is 0.900 bits per heavy atom.